The summed E-state index contributed by atoms with van der Waals surface area (Å²) in [6, 6.07) is 9.15. The number of nitrogens with zero attached hydrogens (tertiary/aromatic N) is 1. The average molecular weight is 307 g/mol. The van der Waals surface area contributed by atoms with Crippen LogP contribution in [-0.4, -0.2) is 22.8 Å². The highest BCUT2D eigenvalue weighted by molar-refractivity contribution is 8.01. The molecule has 2 nitrogen and oxygen atoms in total. The van der Waals surface area contributed by atoms with Crippen LogP contribution in [0.15, 0.2) is 28.6 Å². The van der Waals surface area contributed by atoms with Crippen molar-refractivity contribution >= 4 is 33.3 Å². The summed E-state index contributed by atoms with van der Waals surface area (Å²) >= 11 is 3.71. The van der Waals surface area contributed by atoms with Gasteiger partial charge in [0.05, 0.1) is 10.2 Å². The van der Waals surface area contributed by atoms with Gasteiger partial charge >= 0.3 is 0 Å². The van der Waals surface area contributed by atoms with Crippen LogP contribution in [0.3, 0.4) is 0 Å². The Morgan fingerprint density at radius 2 is 2.10 bits per heavy atom. The number of thioether (sulfide) groups is 1. The lowest BCUT2D eigenvalue weighted by atomic mass is 9.95. The fourth-order valence-corrected chi connectivity index (χ4v) is 5.08. The van der Waals surface area contributed by atoms with Crippen LogP contribution in [0.5, 0.6) is 0 Å². The lowest BCUT2D eigenvalue weighted by Gasteiger charge is -2.24. The lowest BCUT2D eigenvalue weighted by molar-refractivity contribution is 0.375. The van der Waals surface area contributed by atoms with Crippen molar-refractivity contribution in [2.45, 2.75) is 54.7 Å². The molecule has 4 heteroatoms. The van der Waals surface area contributed by atoms with Gasteiger partial charge in [0.25, 0.3) is 0 Å². The fraction of sp³-hybridized carbons (Fsp3) is 0.562. The molecule has 1 unspecified atom stereocenters. The molecule has 0 bridgehead atoms. The molecular formula is C16H22N2S2. The molecule has 20 heavy (non-hydrogen) atoms. The van der Waals surface area contributed by atoms with E-state index in [0.29, 0.717) is 5.25 Å². The first-order valence-electron chi connectivity index (χ1n) is 7.57. The maximum absolute atomic E-state index is 4.70. The number of hydrogen-bond donors (Lipinski definition) is 1. The number of aromatic nitrogens is 1. The summed E-state index contributed by atoms with van der Waals surface area (Å²) in [6.07, 6.45) is 6.94. The Balaban J connectivity index is 1.51. The Bertz CT molecular complexity index is 513. The summed E-state index contributed by atoms with van der Waals surface area (Å²) in [5.41, 5.74) is 1.13. The topological polar surface area (TPSA) is 24.9 Å². The van der Waals surface area contributed by atoms with Gasteiger partial charge in [0, 0.05) is 17.8 Å². The molecule has 1 aliphatic carbocycles. The highest BCUT2D eigenvalue weighted by Gasteiger charge is 2.15. The Morgan fingerprint density at radius 3 is 2.90 bits per heavy atom. The van der Waals surface area contributed by atoms with Crippen LogP contribution in [0.1, 0.15) is 39.0 Å². The lowest BCUT2D eigenvalue weighted by Crippen LogP contribution is -2.35. The second-order valence-corrected chi connectivity index (χ2v) is 8.34. The normalized spacial score (nSPS) is 18.4. The molecule has 0 aliphatic heterocycles. The number of fused-ring (bicyclic) bond motifs is 1. The Labute approximate surface area is 129 Å². The first kappa shape index (κ1) is 14.4. The van der Waals surface area contributed by atoms with Crippen molar-refractivity contribution < 1.29 is 0 Å². The monoisotopic (exact) mass is 306 g/mol. The summed E-state index contributed by atoms with van der Waals surface area (Å²) < 4.78 is 2.49. The standard InChI is InChI=1S/C16H22N2S2/c1-12(11-17-13-7-3-2-4-8-13)19-16-18-14-9-5-6-10-15(14)20-16/h5-6,9-10,12-13,17H,2-4,7-8,11H2,1H3. The third kappa shape index (κ3) is 3.74. The van der Waals surface area contributed by atoms with Crippen LogP contribution in [0.2, 0.25) is 0 Å². The van der Waals surface area contributed by atoms with Crippen molar-refractivity contribution in [1.82, 2.24) is 10.3 Å². The molecule has 1 heterocycles. The number of rotatable bonds is 5. The van der Waals surface area contributed by atoms with E-state index < -0.39 is 0 Å². The summed E-state index contributed by atoms with van der Waals surface area (Å²) in [4.78, 5) is 4.70. The minimum absolute atomic E-state index is 0.581. The van der Waals surface area contributed by atoms with E-state index >= 15 is 0 Å². The van der Waals surface area contributed by atoms with Gasteiger partial charge < -0.3 is 5.32 Å². The van der Waals surface area contributed by atoms with Gasteiger partial charge in [-0.05, 0) is 25.0 Å². The van der Waals surface area contributed by atoms with E-state index in [4.69, 9.17) is 4.98 Å². The minimum atomic E-state index is 0.581. The number of benzene rings is 1. The predicted octanol–water partition coefficient (Wildman–Crippen LogP) is 4.70. The van der Waals surface area contributed by atoms with Crippen LogP contribution in [0.4, 0.5) is 0 Å². The van der Waals surface area contributed by atoms with Crippen molar-refractivity contribution in [1.29, 1.82) is 0 Å². The van der Waals surface area contributed by atoms with Crippen LogP contribution in [0.25, 0.3) is 10.2 Å². The zero-order valence-electron chi connectivity index (χ0n) is 12.0. The van der Waals surface area contributed by atoms with E-state index in [2.05, 4.69) is 36.5 Å². The summed E-state index contributed by atoms with van der Waals surface area (Å²) in [5, 5.41) is 4.31. The van der Waals surface area contributed by atoms with E-state index in [0.717, 1.165) is 18.1 Å². The number of thiazole rings is 1. The van der Waals surface area contributed by atoms with Crippen molar-refractivity contribution in [2.24, 2.45) is 0 Å². The summed E-state index contributed by atoms with van der Waals surface area (Å²) in [7, 11) is 0. The maximum atomic E-state index is 4.70. The van der Waals surface area contributed by atoms with Crippen molar-refractivity contribution in [3.8, 4) is 0 Å². The Kier molecular flexibility index (Phi) is 4.97. The second kappa shape index (κ2) is 6.92. The predicted molar refractivity (Wildman–Crippen MR) is 89.8 cm³/mol. The molecule has 1 aromatic carbocycles. The van der Waals surface area contributed by atoms with Gasteiger partial charge in [-0.25, -0.2) is 4.98 Å². The van der Waals surface area contributed by atoms with E-state index in [1.54, 1.807) is 0 Å². The van der Waals surface area contributed by atoms with Gasteiger partial charge in [0.15, 0.2) is 4.34 Å². The summed E-state index contributed by atoms with van der Waals surface area (Å²) in [5.74, 6) is 0. The van der Waals surface area contributed by atoms with Crippen molar-refractivity contribution in [2.75, 3.05) is 6.54 Å². The largest absolute Gasteiger partial charge is 0.313 e. The van der Waals surface area contributed by atoms with Gasteiger partial charge in [-0.3, -0.25) is 0 Å². The van der Waals surface area contributed by atoms with E-state index in [1.807, 2.05) is 23.1 Å². The molecule has 0 spiro atoms. The molecule has 1 aromatic heterocycles. The molecule has 0 radical (unpaired) electrons. The Morgan fingerprint density at radius 1 is 1.30 bits per heavy atom. The molecule has 2 aromatic rings. The first-order valence-corrected chi connectivity index (χ1v) is 9.26. The molecule has 1 fully saturated rings. The maximum Gasteiger partial charge on any atom is 0.151 e. The molecule has 3 rings (SSSR count). The van der Waals surface area contributed by atoms with Crippen molar-refractivity contribution in [3.63, 3.8) is 0 Å². The number of nitrogens with one attached hydrogen (secondary N) is 1. The van der Waals surface area contributed by atoms with Crippen LogP contribution in [0, 0.1) is 0 Å². The second-order valence-electron chi connectivity index (χ2n) is 5.62. The smallest absolute Gasteiger partial charge is 0.151 e. The molecular weight excluding hydrogens is 284 g/mol. The van der Waals surface area contributed by atoms with E-state index in [1.165, 1.54) is 41.1 Å². The third-order valence-corrected chi connectivity index (χ3v) is 6.11. The molecule has 1 saturated carbocycles. The van der Waals surface area contributed by atoms with Gasteiger partial charge in [-0.2, -0.15) is 0 Å². The van der Waals surface area contributed by atoms with Crippen molar-refractivity contribution in [3.05, 3.63) is 24.3 Å². The van der Waals surface area contributed by atoms with Crippen LogP contribution in [-0.2, 0) is 0 Å². The van der Waals surface area contributed by atoms with Gasteiger partial charge in [-0.15, -0.1) is 11.3 Å². The first-order chi connectivity index (χ1) is 9.81. The quantitative estimate of drug-likeness (QED) is 0.811. The number of hydrogen-bond acceptors (Lipinski definition) is 4. The van der Waals surface area contributed by atoms with Crippen LogP contribution >= 0.6 is 23.1 Å². The molecule has 1 aliphatic rings. The third-order valence-electron chi connectivity index (χ3n) is 3.88. The Hall–Kier alpha value is -0.580. The van der Waals surface area contributed by atoms with E-state index in [9.17, 15) is 0 Å². The number of para-hydroxylation sites is 1. The molecule has 0 saturated heterocycles. The van der Waals surface area contributed by atoms with Gasteiger partial charge in [0.2, 0.25) is 0 Å². The molecule has 0 amide bonds. The zero-order chi connectivity index (χ0) is 13.8. The molecule has 108 valence electrons. The highest BCUT2D eigenvalue weighted by Crippen LogP contribution is 2.31. The van der Waals surface area contributed by atoms with Gasteiger partial charge in [-0.1, -0.05) is 50.1 Å². The molecule has 1 atom stereocenters. The average Bonchev–Trinajstić information content (AvgIpc) is 2.88. The van der Waals surface area contributed by atoms with E-state index in [-0.39, 0.29) is 0 Å². The zero-order valence-corrected chi connectivity index (χ0v) is 13.6. The van der Waals surface area contributed by atoms with Crippen LogP contribution < -0.4 is 5.32 Å². The minimum Gasteiger partial charge on any atom is -0.313 e. The highest BCUT2D eigenvalue weighted by atomic mass is 32.2. The fourth-order valence-electron chi connectivity index (χ4n) is 2.75. The summed E-state index contributed by atoms with van der Waals surface area (Å²) in [6.45, 7) is 3.39. The van der Waals surface area contributed by atoms with Gasteiger partial charge in [0.1, 0.15) is 0 Å². The SMILES string of the molecule is CC(CNC1CCCCC1)Sc1nc2ccccc2s1. The molecule has 1 N–H and O–H groups in total.